The van der Waals surface area contributed by atoms with Crippen LogP contribution in [-0.2, 0) is 22.6 Å². The van der Waals surface area contributed by atoms with Gasteiger partial charge < -0.3 is 25.6 Å². The van der Waals surface area contributed by atoms with Gasteiger partial charge in [-0.05, 0) is 43.0 Å². The predicted molar refractivity (Wildman–Crippen MR) is 128 cm³/mol. The third kappa shape index (κ3) is 9.47. The lowest BCUT2D eigenvalue weighted by Crippen LogP contribution is -2.44. The smallest absolute Gasteiger partial charge is 0.224 e. The highest BCUT2D eigenvalue weighted by atomic mass is 16.5. The van der Waals surface area contributed by atoms with Gasteiger partial charge in [-0.25, -0.2) is 0 Å². The van der Waals surface area contributed by atoms with E-state index < -0.39 is 12.0 Å². The third-order valence-electron chi connectivity index (χ3n) is 5.16. The zero-order valence-electron chi connectivity index (χ0n) is 19.1. The Morgan fingerprint density at radius 2 is 1.70 bits per heavy atom. The maximum absolute atomic E-state index is 12.7. The van der Waals surface area contributed by atoms with Gasteiger partial charge in [-0.15, -0.1) is 6.58 Å². The summed E-state index contributed by atoms with van der Waals surface area (Å²) in [6.07, 6.45) is 2.34. The molecule has 2 amide bonds. The number of amides is 2. The van der Waals surface area contributed by atoms with Crippen LogP contribution in [-0.4, -0.2) is 47.3 Å². The lowest BCUT2D eigenvalue weighted by Gasteiger charge is -2.21. The van der Waals surface area contributed by atoms with Crippen LogP contribution < -0.4 is 15.4 Å². The third-order valence-corrected chi connectivity index (χ3v) is 5.16. The van der Waals surface area contributed by atoms with Gasteiger partial charge >= 0.3 is 0 Å². The molecule has 2 aromatic carbocycles. The summed E-state index contributed by atoms with van der Waals surface area (Å²) in [4.78, 5) is 24.9. The van der Waals surface area contributed by atoms with Gasteiger partial charge in [-0.3, -0.25) is 9.59 Å². The van der Waals surface area contributed by atoms with Crippen molar-refractivity contribution >= 4 is 11.8 Å². The van der Waals surface area contributed by atoms with E-state index in [1.165, 1.54) is 0 Å². The van der Waals surface area contributed by atoms with Crippen LogP contribution in [0.2, 0.25) is 0 Å². The molecule has 0 aromatic heterocycles. The van der Waals surface area contributed by atoms with Crippen molar-refractivity contribution in [2.45, 2.75) is 44.9 Å². The fraction of sp³-hybridized carbons (Fsp3) is 0.385. The Balaban J connectivity index is 1.89. The molecule has 4 N–H and O–H groups in total. The number of aliphatic hydroxyl groups excluding tert-OH is 2. The molecular weight excluding hydrogens is 420 g/mol. The average molecular weight is 455 g/mol. The minimum atomic E-state index is -0.601. The first-order valence-corrected chi connectivity index (χ1v) is 11.1. The molecule has 0 bridgehead atoms. The minimum absolute atomic E-state index is 0.0200. The quantitative estimate of drug-likeness (QED) is 0.328. The number of carbonyl (C=O) groups is 2. The van der Waals surface area contributed by atoms with Crippen LogP contribution in [0.4, 0.5) is 0 Å². The first kappa shape index (κ1) is 26.1. The van der Waals surface area contributed by atoms with Gasteiger partial charge in [0.05, 0.1) is 25.2 Å². The number of ether oxygens (including phenoxy) is 1. The number of aliphatic hydroxyl groups is 2. The molecular formula is C26H34N2O5. The number of benzene rings is 2. The highest BCUT2D eigenvalue weighted by molar-refractivity contribution is 5.86. The van der Waals surface area contributed by atoms with Crippen LogP contribution in [0, 0.1) is 5.92 Å². The molecule has 0 saturated carbocycles. The number of carbonyl (C=O) groups excluding carboxylic acids is 2. The average Bonchev–Trinajstić information content (AvgIpc) is 2.83. The van der Waals surface area contributed by atoms with Crippen LogP contribution in [0.25, 0.3) is 0 Å². The second kappa shape index (κ2) is 14.1. The van der Waals surface area contributed by atoms with Gasteiger partial charge in [-0.2, -0.15) is 0 Å². The molecule has 0 aliphatic heterocycles. The first-order valence-electron chi connectivity index (χ1n) is 11.1. The van der Waals surface area contributed by atoms with E-state index in [2.05, 4.69) is 17.2 Å². The lowest BCUT2D eigenvalue weighted by molar-refractivity contribution is -0.131. The van der Waals surface area contributed by atoms with Crippen LogP contribution in [0.3, 0.4) is 0 Å². The maximum Gasteiger partial charge on any atom is 0.224 e. The highest BCUT2D eigenvalue weighted by Gasteiger charge is 2.23. The van der Waals surface area contributed by atoms with E-state index in [-0.39, 0.29) is 37.5 Å². The van der Waals surface area contributed by atoms with Gasteiger partial charge in [-0.1, -0.05) is 48.5 Å². The number of hydrogen-bond acceptors (Lipinski definition) is 5. The SMILES string of the molecule is C=CCC(CC(=O)NC(C)CO)C(=O)NC(CO)Cc1ccc(OCc2ccccc2)cc1. The van der Waals surface area contributed by atoms with E-state index in [4.69, 9.17) is 9.84 Å². The summed E-state index contributed by atoms with van der Waals surface area (Å²) in [7, 11) is 0. The topological polar surface area (TPSA) is 108 Å². The lowest BCUT2D eigenvalue weighted by atomic mass is 9.98. The van der Waals surface area contributed by atoms with Gasteiger partial charge in [0.15, 0.2) is 0 Å². The summed E-state index contributed by atoms with van der Waals surface area (Å²) in [6.45, 7) is 5.42. The van der Waals surface area contributed by atoms with Crippen LogP contribution in [0.1, 0.15) is 30.9 Å². The molecule has 178 valence electrons. The van der Waals surface area contributed by atoms with E-state index in [9.17, 15) is 14.7 Å². The number of hydrogen-bond donors (Lipinski definition) is 4. The molecule has 0 aliphatic rings. The molecule has 0 heterocycles. The van der Waals surface area contributed by atoms with Crippen LogP contribution in [0.5, 0.6) is 5.75 Å². The van der Waals surface area contributed by atoms with Gasteiger partial charge in [0.2, 0.25) is 11.8 Å². The highest BCUT2D eigenvalue weighted by Crippen LogP contribution is 2.16. The molecule has 0 aliphatic carbocycles. The Bertz CT molecular complexity index is 870. The zero-order chi connectivity index (χ0) is 24.1. The van der Waals surface area contributed by atoms with E-state index in [0.29, 0.717) is 19.4 Å². The molecule has 7 heteroatoms. The van der Waals surface area contributed by atoms with E-state index in [0.717, 1.165) is 16.9 Å². The summed E-state index contributed by atoms with van der Waals surface area (Å²) in [6, 6.07) is 16.6. The Morgan fingerprint density at radius 1 is 1.00 bits per heavy atom. The maximum atomic E-state index is 12.7. The largest absolute Gasteiger partial charge is 0.489 e. The van der Waals surface area contributed by atoms with Crippen LogP contribution >= 0.6 is 0 Å². The van der Waals surface area contributed by atoms with Crippen molar-refractivity contribution < 1.29 is 24.5 Å². The zero-order valence-corrected chi connectivity index (χ0v) is 19.1. The molecule has 2 rings (SSSR count). The van der Waals surface area contributed by atoms with E-state index in [1.54, 1.807) is 13.0 Å². The van der Waals surface area contributed by atoms with Crippen molar-refractivity contribution in [3.63, 3.8) is 0 Å². The summed E-state index contributed by atoms with van der Waals surface area (Å²) < 4.78 is 5.79. The Labute approximate surface area is 195 Å². The molecule has 3 atom stereocenters. The Morgan fingerprint density at radius 3 is 2.30 bits per heavy atom. The van der Waals surface area contributed by atoms with Crippen molar-refractivity contribution in [2.24, 2.45) is 5.92 Å². The molecule has 3 unspecified atom stereocenters. The van der Waals surface area contributed by atoms with Crippen molar-refractivity contribution in [3.05, 3.63) is 78.4 Å². The molecule has 0 saturated heterocycles. The minimum Gasteiger partial charge on any atom is -0.489 e. The van der Waals surface area contributed by atoms with Gasteiger partial charge in [0.25, 0.3) is 0 Å². The summed E-state index contributed by atoms with van der Waals surface area (Å²) in [5.41, 5.74) is 2.02. The Hall–Kier alpha value is -3.16. The van der Waals surface area contributed by atoms with Gasteiger partial charge in [0, 0.05) is 12.5 Å². The van der Waals surface area contributed by atoms with Crippen molar-refractivity contribution in [1.82, 2.24) is 10.6 Å². The van der Waals surface area contributed by atoms with E-state index >= 15 is 0 Å². The molecule has 0 radical (unpaired) electrons. The van der Waals surface area contributed by atoms with Gasteiger partial charge in [0.1, 0.15) is 12.4 Å². The monoisotopic (exact) mass is 454 g/mol. The number of allylic oxidation sites excluding steroid dienone is 1. The van der Waals surface area contributed by atoms with Crippen LogP contribution in [0.15, 0.2) is 67.3 Å². The number of rotatable bonds is 14. The van der Waals surface area contributed by atoms with Crippen molar-refractivity contribution in [3.8, 4) is 5.75 Å². The van der Waals surface area contributed by atoms with E-state index in [1.807, 2.05) is 54.6 Å². The summed E-state index contributed by atoms with van der Waals surface area (Å²) in [5.74, 6) is -0.494. The van der Waals surface area contributed by atoms with Crippen molar-refractivity contribution in [1.29, 1.82) is 0 Å². The summed E-state index contributed by atoms with van der Waals surface area (Å²) >= 11 is 0. The first-order chi connectivity index (χ1) is 15.9. The van der Waals surface area contributed by atoms with Crippen molar-refractivity contribution in [2.75, 3.05) is 13.2 Å². The molecule has 7 nitrogen and oxygen atoms in total. The Kier molecular flexibility index (Phi) is 11.1. The molecule has 0 spiro atoms. The normalized spacial score (nSPS) is 13.4. The molecule has 2 aromatic rings. The second-order valence-corrected chi connectivity index (χ2v) is 8.09. The molecule has 0 fully saturated rings. The standard InChI is InChI=1S/C26H34N2O5/c1-3-7-22(15-25(31)27-19(2)16-29)26(32)28-23(17-30)14-20-10-12-24(13-11-20)33-18-21-8-5-4-6-9-21/h3-6,8-13,19,22-23,29-30H,1,7,14-18H2,2H3,(H,27,31)(H,28,32). The fourth-order valence-electron chi connectivity index (χ4n) is 3.31. The summed E-state index contributed by atoms with van der Waals surface area (Å²) in [5, 5.41) is 24.3. The fourth-order valence-corrected chi connectivity index (χ4v) is 3.31. The second-order valence-electron chi connectivity index (χ2n) is 8.09. The molecule has 33 heavy (non-hydrogen) atoms. The predicted octanol–water partition coefficient (Wildman–Crippen LogP) is 2.36. The number of nitrogens with one attached hydrogen (secondary N) is 2.